The van der Waals surface area contributed by atoms with Crippen LogP contribution in [0.3, 0.4) is 0 Å². The molecule has 0 radical (unpaired) electrons. The molecule has 13 heavy (non-hydrogen) atoms. The van der Waals surface area contributed by atoms with E-state index in [0.717, 1.165) is 5.56 Å². The molecule has 0 spiro atoms. The maximum Gasteiger partial charge on any atom is 0.0864 e. The molecule has 1 aromatic rings. The third kappa shape index (κ3) is 2.33. The van der Waals surface area contributed by atoms with E-state index in [1.807, 2.05) is 25.1 Å². The second kappa shape index (κ2) is 4.45. The van der Waals surface area contributed by atoms with Crippen molar-refractivity contribution in [3.63, 3.8) is 0 Å². The second-order valence-electron chi connectivity index (χ2n) is 3.06. The van der Waals surface area contributed by atoms with E-state index in [-0.39, 0.29) is 5.92 Å². The van der Waals surface area contributed by atoms with Gasteiger partial charge in [0.15, 0.2) is 0 Å². The first-order valence-electron chi connectivity index (χ1n) is 4.22. The molecular formula is C11H13ClO. The van der Waals surface area contributed by atoms with E-state index in [1.165, 1.54) is 0 Å². The van der Waals surface area contributed by atoms with Crippen molar-refractivity contribution in [1.82, 2.24) is 0 Å². The van der Waals surface area contributed by atoms with E-state index in [9.17, 15) is 5.11 Å². The summed E-state index contributed by atoms with van der Waals surface area (Å²) in [5.41, 5.74) is 0.761. The minimum atomic E-state index is -0.564. The van der Waals surface area contributed by atoms with Gasteiger partial charge in [-0.3, -0.25) is 0 Å². The molecule has 0 amide bonds. The van der Waals surface area contributed by atoms with E-state index in [2.05, 4.69) is 6.58 Å². The summed E-state index contributed by atoms with van der Waals surface area (Å²) in [6, 6.07) is 7.31. The molecule has 1 nitrogen and oxygen atoms in total. The lowest BCUT2D eigenvalue weighted by Gasteiger charge is -2.16. The van der Waals surface area contributed by atoms with Crippen molar-refractivity contribution in [3.05, 3.63) is 47.5 Å². The van der Waals surface area contributed by atoms with Gasteiger partial charge >= 0.3 is 0 Å². The topological polar surface area (TPSA) is 20.2 Å². The number of aliphatic hydroxyl groups excluding tert-OH is 1. The molecule has 1 aromatic carbocycles. The molecule has 0 fully saturated rings. The molecule has 2 unspecified atom stereocenters. The van der Waals surface area contributed by atoms with Crippen LogP contribution in [0.4, 0.5) is 0 Å². The van der Waals surface area contributed by atoms with Crippen LogP contribution in [-0.4, -0.2) is 5.11 Å². The van der Waals surface area contributed by atoms with E-state index in [1.54, 1.807) is 12.1 Å². The molecule has 70 valence electrons. The van der Waals surface area contributed by atoms with Gasteiger partial charge in [0.05, 0.1) is 6.10 Å². The highest BCUT2D eigenvalue weighted by molar-refractivity contribution is 6.31. The zero-order valence-electron chi connectivity index (χ0n) is 7.57. The third-order valence-corrected chi connectivity index (χ3v) is 2.44. The molecule has 1 N–H and O–H groups in total. The van der Waals surface area contributed by atoms with Crippen molar-refractivity contribution in [2.75, 3.05) is 0 Å². The molecule has 0 aliphatic rings. The lowest BCUT2D eigenvalue weighted by molar-refractivity contribution is 0.140. The van der Waals surface area contributed by atoms with Crippen molar-refractivity contribution in [3.8, 4) is 0 Å². The van der Waals surface area contributed by atoms with Crippen molar-refractivity contribution in [1.29, 1.82) is 0 Å². The highest BCUT2D eigenvalue weighted by Crippen LogP contribution is 2.28. The number of benzene rings is 1. The van der Waals surface area contributed by atoms with E-state index in [0.29, 0.717) is 5.02 Å². The van der Waals surface area contributed by atoms with Gasteiger partial charge in [-0.2, -0.15) is 0 Å². The fourth-order valence-corrected chi connectivity index (χ4v) is 1.37. The van der Waals surface area contributed by atoms with E-state index in [4.69, 9.17) is 11.6 Å². The van der Waals surface area contributed by atoms with Gasteiger partial charge in [-0.1, -0.05) is 42.8 Å². The first kappa shape index (κ1) is 10.3. The Morgan fingerprint density at radius 1 is 1.46 bits per heavy atom. The van der Waals surface area contributed by atoms with Crippen LogP contribution in [0.25, 0.3) is 0 Å². The maximum absolute atomic E-state index is 9.81. The van der Waals surface area contributed by atoms with E-state index >= 15 is 0 Å². The first-order chi connectivity index (χ1) is 6.16. The van der Waals surface area contributed by atoms with Crippen LogP contribution in [0.5, 0.6) is 0 Å². The quantitative estimate of drug-likeness (QED) is 0.737. The molecule has 0 aromatic heterocycles. The third-order valence-electron chi connectivity index (χ3n) is 2.09. The average Bonchev–Trinajstić information content (AvgIpc) is 2.16. The van der Waals surface area contributed by atoms with Crippen molar-refractivity contribution in [2.45, 2.75) is 13.0 Å². The summed E-state index contributed by atoms with van der Waals surface area (Å²) >= 11 is 5.93. The summed E-state index contributed by atoms with van der Waals surface area (Å²) in [6.45, 7) is 5.54. The average molecular weight is 197 g/mol. The molecule has 0 saturated carbocycles. The Hall–Kier alpha value is -0.790. The Bertz CT molecular complexity index is 296. The molecule has 0 aliphatic carbocycles. The maximum atomic E-state index is 9.81. The fraction of sp³-hybridized carbons (Fsp3) is 0.273. The molecule has 2 atom stereocenters. The minimum Gasteiger partial charge on any atom is -0.388 e. The second-order valence-corrected chi connectivity index (χ2v) is 3.47. The lowest BCUT2D eigenvalue weighted by Crippen LogP contribution is -2.06. The van der Waals surface area contributed by atoms with Gasteiger partial charge in [0.2, 0.25) is 0 Å². The standard InChI is InChI=1S/C11H13ClO/c1-3-8(2)11(13)9-6-4-5-7-10(9)12/h3-8,11,13H,1H2,2H3. The zero-order chi connectivity index (χ0) is 9.84. The molecule has 0 saturated heterocycles. The lowest BCUT2D eigenvalue weighted by atomic mass is 9.98. The van der Waals surface area contributed by atoms with Gasteiger partial charge < -0.3 is 5.11 Å². The number of rotatable bonds is 3. The van der Waals surface area contributed by atoms with Crippen LogP contribution in [0, 0.1) is 5.92 Å². The molecule has 2 heteroatoms. The van der Waals surface area contributed by atoms with Crippen LogP contribution in [0.1, 0.15) is 18.6 Å². The van der Waals surface area contributed by atoms with Crippen LogP contribution in [0.15, 0.2) is 36.9 Å². The number of hydrogen-bond acceptors (Lipinski definition) is 1. The Labute approximate surface area is 83.7 Å². The summed E-state index contributed by atoms with van der Waals surface area (Å²) in [5, 5.41) is 10.4. The summed E-state index contributed by atoms with van der Waals surface area (Å²) < 4.78 is 0. The Balaban J connectivity index is 2.94. The highest BCUT2D eigenvalue weighted by Gasteiger charge is 2.15. The summed E-state index contributed by atoms with van der Waals surface area (Å²) in [4.78, 5) is 0. The summed E-state index contributed by atoms with van der Waals surface area (Å²) in [6.07, 6.45) is 1.15. The van der Waals surface area contributed by atoms with Gasteiger partial charge in [0.25, 0.3) is 0 Å². The largest absolute Gasteiger partial charge is 0.388 e. The monoisotopic (exact) mass is 196 g/mol. The van der Waals surface area contributed by atoms with Crippen LogP contribution >= 0.6 is 11.6 Å². The fourth-order valence-electron chi connectivity index (χ4n) is 1.13. The van der Waals surface area contributed by atoms with Gasteiger partial charge in [-0.15, -0.1) is 6.58 Å². The van der Waals surface area contributed by atoms with E-state index < -0.39 is 6.10 Å². The number of halogens is 1. The number of aliphatic hydroxyl groups is 1. The normalized spacial score (nSPS) is 15.0. The molecular weight excluding hydrogens is 184 g/mol. The zero-order valence-corrected chi connectivity index (χ0v) is 8.33. The highest BCUT2D eigenvalue weighted by atomic mass is 35.5. The van der Waals surface area contributed by atoms with Gasteiger partial charge in [0, 0.05) is 10.9 Å². The Morgan fingerprint density at radius 2 is 2.08 bits per heavy atom. The first-order valence-corrected chi connectivity index (χ1v) is 4.59. The van der Waals surface area contributed by atoms with Crippen LogP contribution < -0.4 is 0 Å². The summed E-state index contributed by atoms with van der Waals surface area (Å²) in [5.74, 6) is 0.0138. The molecule has 0 bridgehead atoms. The number of hydrogen-bond donors (Lipinski definition) is 1. The smallest absolute Gasteiger partial charge is 0.0864 e. The minimum absolute atomic E-state index is 0.0138. The van der Waals surface area contributed by atoms with Crippen molar-refractivity contribution in [2.24, 2.45) is 5.92 Å². The summed E-state index contributed by atoms with van der Waals surface area (Å²) in [7, 11) is 0. The molecule has 0 aliphatic heterocycles. The van der Waals surface area contributed by atoms with Gasteiger partial charge in [-0.05, 0) is 11.6 Å². The predicted octanol–water partition coefficient (Wildman–Crippen LogP) is 3.20. The van der Waals surface area contributed by atoms with Gasteiger partial charge in [-0.25, -0.2) is 0 Å². The van der Waals surface area contributed by atoms with Crippen molar-refractivity contribution < 1.29 is 5.11 Å². The molecule has 0 heterocycles. The predicted molar refractivity (Wildman–Crippen MR) is 55.8 cm³/mol. The van der Waals surface area contributed by atoms with Crippen LogP contribution in [-0.2, 0) is 0 Å². The van der Waals surface area contributed by atoms with Crippen LogP contribution in [0.2, 0.25) is 5.02 Å². The van der Waals surface area contributed by atoms with Crippen molar-refractivity contribution >= 4 is 11.6 Å². The SMILES string of the molecule is C=CC(C)C(O)c1ccccc1Cl. The van der Waals surface area contributed by atoms with Gasteiger partial charge in [0.1, 0.15) is 0 Å². The molecule has 1 rings (SSSR count). The Kier molecular flexibility index (Phi) is 3.52. The Morgan fingerprint density at radius 3 is 2.62 bits per heavy atom.